The molecule has 0 bridgehead atoms. The fourth-order valence-corrected chi connectivity index (χ4v) is 2.34. The molecule has 10 heteroatoms. The number of carbonyl (C=O) groups excluding carboxylic acids is 3. The van der Waals surface area contributed by atoms with Crippen LogP contribution >= 0.6 is 0 Å². The number of nitrogens with one attached hydrogen (secondary N) is 1. The Labute approximate surface area is 162 Å². The van der Waals surface area contributed by atoms with Crippen LogP contribution in [0.4, 0.5) is 23.0 Å². The van der Waals surface area contributed by atoms with Gasteiger partial charge in [-0.05, 0) is 31.2 Å². The second-order valence-electron chi connectivity index (χ2n) is 6.20. The van der Waals surface area contributed by atoms with Crippen LogP contribution in [0.1, 0.15) is 30.8 Å². The Hall–Kier alpha value is -3.53. The van der Waals surface area contributed by atoms with Crippen LogP contribution in [0.2, 0.25) is 0 Å². The number of nitrogens with zero attached hydrogens (tertiary/aromatic N) is 4. The number of rotatable bonds is 8. The van der Waals surface area contributed by atoms with E-state index in [0.29, 0.717) is 11.4 Å². The summed E-state index contributed by atoms with van der Waals surface area (Å²) in [6.45, 7) is 3.23. The number of benzene rings is 1. The van der Waals surface area contributed by atoms with Crippen molar-refractivity contribution >= 4 is 41.1 Å². The van der Waals surface area contributed by atoms with Gasteiger partial charge in [-0.25, -0.2) is 15.8 Å². The van der Waals surface area contributed by atoms with Crippen molar-refractivity contribution in [1.29, 1.82) is 0 Å². The minimum absolute atomic E-state index is 0.0508. The van der Waals surface area contributed by atoms with E-state index in [0.717, 1.165) is 6.29 Å². The number of hydrogen-bond acceptors (Lipinski definition) is 8. The maximum absolute atomic E-state index is 11.7. The zero-order chi connectivity index (χ0) is 20.8. The van der Waals surface area contributed by atoms with Gasteiger partial charge in [-0.3, -0.25) is 14.6 Å². The van der Waals surface area contributed by atoms with E-state index in [9.17, 15) is 14.4 Å². The Bertz CT molecular complexity index is 870. The third-order valence-corrected chi connectivity index (χ3v) is 4.16. The topological polar surface area (TPSA) is 148 Å². The molecule has 0 radical (unpaired) electrons. The van der Waals surface area contributed by atoms with Gasteiger partial charge in [0.15, 0.2) is 17.3 Å². The van der Waals surface area contributed by atoms with Crippen LogP contribution in [0.15, 0.2) is 30.5 Å². The summed E-state index contributed by atoms with van der Waals surface area (Å²) in [5.41, 5.74) is 6.65. The molecule has 1 atom stereocenters. The quantitative estimate of drug-likeness (QED) is 0.346. The molecular weight excluding hydrogens is 362 g/mol. The van der Waals surface area contributed by atoms with Gasteiger partial charge in [0.05, 0.1) is 12.2 Å². The maximum atomic E-state index is 11.7. The van der Waals surface area contributed by atoms with Crippen molar-refractivity contribution in [2.45, 2.75) is 26.3 Å². The number of primary amides is 1. The van der Waals surface area contributed by atoms with E-state index in [1.807, 2.05) is 0 Å². The summed E-state index contributed by atoms with van der Waals surface area (Å²) < 4.78 is 0. The van der Waals surface area contributed by atoms with E-state index in [2.05, 4.69) is 15.3 Å². The Morgan fingerprint density at radius 2 is 1.93 bits per heavy atom. The Morgan fingerprint density at radius 1 is 1.29 bits per heavy atom. The van der Waals surface area contributed by atoms with Crippen molar-refractivity contribution in [3.63, 3.8) is 0 Å². The summed E-state index contributed by atoms with van der Waals surface area (Å²) in [4.78, 5) is 43.7. The molecule has 1 heterocycles. The molecule has 10 nitrogen and oxygen atoms in total. The average Bonchev–Trinajstić information content (AvgIpc) is 2.67. The molecule has 0 fully saturated rings. The van der Waals surface area contributed by atoms with E-state index in [4.69, 9.17) is 11.6 Å². The van der Waals surface area contributed by atoms with Crippen LogP contribution in [0.3, 0.4) is 0 Å². The number of hydrogen-bond donors (Lipinski definition) is 3. The number of amides is 2. The van der Waals surface area contributed by atoms with Crippen LogP contribution in [-0.2, 0) is 9.59 Å². The van der Waals surface area contributed by atoms with E-state index in [1.54, 1.807) is 38.2 Å². The predicted octanol–water partition coefficient (Wildman–Crippen LogP) is 0.959. The Balaban J connectivity index is 2.32. The van der Waals surface area contributed by atoms with E-state index >= 15 is 0 Å². The minimum atomic E-state index is -0.751. The molecule has 0 spiro atoms. The van der Waals surface area contributed by atoms with Crippen molar-refractivity contribution < 1.29 is 14.4 Å². The molecule has 0 aliphatic rings. The van der Waals surface area contributed by atoms with Crippen LogP contribution in [0.25, 0.3) is 0 Å². The molecule has 0 saturated carbocycles. The van der Waals surface area contributed by atoms with Gasteiger partial charge in [0.2, 0.25) is 5.91 Å². The first-order valence-electron chi connectivity index (χ1n) is 8.50. The summed E-state index contributed by atoms with van der Waals surface area (Å²) in [7, 11) is 1.67. The molecule has 28 heavy (non-hydrogen) atoms. The highest BCUT2D eigenvalue weighted by molar-refractivity contribution is 5.96. The van der Waals surface area contributed by atoms with Gasteiger partial charge in [0, 0.05) is 31.8 Å². The summed E-state index contributed by atoms with van der Waals surface area (Å²) in [6.07, 6.45) is 2.29. The van der Waals surface area contributed by atoms with Crippen LogP contribution in [0, 0.1) is 0 Å². The second-order valence-corrected chi connectivity index (χ2v) is 6.20. The summed E-state index contributed by atoms with van der Waals surface area (Å²) >= 11 is 0. The fourth-order valence-electron chi connectivity index (χ4n) is 2.34. The van der Waals surface area contributed by atoms with Gasteiger partial charge in [0.1, 0.15) is 6.29 Å². The number of anilines is 4. The van der Waals surface area contributed by atoms with Crippen molar-refractivity contribution in [3.8, 4) is 0 Å². The van der Waals surface area contributed by atoms with Crippen molar-refractivity contribution in [2.24, 2.45) is 11.6 Å². The second kappa shape index (κ2) is 8.91. The van der Waals surface area contributed by atoms with Gasteiger partial charge in [0.25, 0.3) is 5.91 Å². The number of aromatic nitrogens is 2. The Morgan fingerprint density at radius 3 is 2.46 bits per heavy atom. The average molecular weight is 385 g/mol. The van der Waals surface area contributed by atoms with Crippen molar-refractivity contribution in [1.82, 2.24) is 9.97 Å². The lowest BCUT2D eigenvalue weighted by Crippen LogP contribution is -2.40. The van der Waals surface area contributed by atoms with Crippen LogP contribution < -0.4 is 26.8 Å². The number of aldehydes is 1. The largest absolute Gasteiger partial charge is 0.364 e. The molecule has 2 rings (SSSR count). The SMILES string of the molecule is CC(=O)N(C)c1ccc(Nc2nc(N(N)C(C)CC=O)cnc2C(N)=O)cc1. The van der Waals surface area contributed by atoms with E-state index < -0.39 is 5.91 Å². The first-order valence-corrected chi connectivity index (χ1v) is 8.50. The molecule has 1 unspecified atom stereocenters. The third kappa shape index (κ3) is 4.80. The molecule has 1 aromatic carbocycles. The minimum Gasteiger partial charge on any atom is -0.364 e. The highest BCUT2D eigenvalue weighted by Gasteiger charge is 2.18. The van der Waals surface area contributed by atoms with Gasteiger partial charge < -0.3 is 20.7 Å². The van der Waals surface area contributed by atoms with Crippen LogP contribution in [-0.4, -0.2) is 41.2 Å². The maximum Gasteiger partial charge on any atom is 0.271 e. The van der Waals surface area contributed by atoms with E-state index in [1.165, 1.54) is 23.0 Å². The zero-order valence-corrected chi connectivity index (χ0v) is 15.9. The molecule has 2 aromatic rings. The summed E-state index contributed by atoms with van der Waals surface area (Å²) in [6, 6.07) is 6.63. The highest BCUT2D eigenvalue weighted by Crippen LogP contribution is 2.23. The van der Waals surface area contributed by atoms with Crippen LogP contribution in [0.5, 0.6) is 0 Å². The molecule has 0 saturated heterocycles. The molecule has 0 aliphatic carbocycles. The van der Waals surface area contributed by atoms with Gasteiger partial charge in [-0.15, -0.1) is 0 Å². The summed E-state index contributed by atoms with van der Waals surface area (Å²) in [5, 5.41) is 4.28. The molecule has 5 N–H and O–H groups in total. The lowest BCUT2D eigenvalue weighted by atomic mass is 10.2. The molecule has 1 aromatic heterocycles. The van der Waals surface area contributed by atoms with E-state index in [-0.39, 0.29) is 35.7 Å². The number of carbonyl (C=O) groups is 3. The third-order valence-electron chi connectivity index (χ3n) is 4.16. The zero-order valence-electron chi connectivity index (χ0n) is 15.9. The predicted molar refractivity (Wildman–Crippen MR) is 106 cm³/mol. The molecule has 0 aliphatic heterocycles. The first-order chi connectivity index (χ1) is 13.2. The number of hydrazine groups is 1. The number of nitrogens with two attached hydrogens (primary N) is 2. The normalized spacial score (nSPS) is 11.4. The fraction of sp³-hybridized carbons (Fsp3) is 0.278. The molecule has 148 valence electrons. The van der Waals surface area contributed by atoms with Gasteiger partial charge in [-0.1, -0.05) is 0 Å². The molecular formula is C18H23N7O3. The molecule has 2 amide bonds. The summed E-state index contributed by atoms with van der Waals surface area (Å²) in [5.74, 6) is 5.54. The van der Waals surface area contributed by atoms with Crippen molar-refractivity contribution in [2.75, 3.05) is 22.3 Å². The van der Waals surface area contributed by atoms with Crippen molar-refractivity contribution in [3.05, 3.63) is 36.2 Å². The van der Waals surface area contributed by atoms with Gasteiger partial charge >= 0.3 is 0 Å². The lowest BCUT2D eigenvalue weighted by Gasteiger charge is -2.24. The smallest absolute Gasteiger partial charge is 0.271 e. The Kier molecular flexibility index (Phi) is 6.61. The lowest BCUT2D eigenvalue weighted by molar-refractivity contribution is -0.116. The van der Waals surface area contributed by atoms with Gasteiger partial charge in [-0.2, -0.15) is 0 Å². The monoisotopic (exact) mass is 385 g/mol. The highest BCUT2D eigenvalue weighted by atomic mass is 16.2. The first kappa shape index (κ1) is 20.8. The standard InChI is InChI=1S/C18H23N7O3/c1-11(8-9-26)25(20)15-10-21-16(17(19)28)18(23-15)22-13-4-6-14(7-5-13)24(3)12(2)27/h4-7,9-11H,8,20H2,1-3H3,(H2,19,28)(H,22,23).